The minimum Gasteiger partial charge on any atom is -0.870 e. The van der Waals surface area contributed by atoms with Crippen molar-refractivity contribution in [2.45, 2.75) is 18.2 Å². The average molecular weight is 596 g/mol. The van der Waals surface area contributed by atoms with Gasteiger partial charge >= 0.3 is 29.6 Å². The van der Waals surface area contributed by atoms with E-state index >= 15 is 0 Å². The van der Waals surface area contributed by atoms with Gasteiger partial charge in [-0.15, -0.1) is 5.11 Å². The molecular weight excluding hydrogens is 576 g/mol. The molecule has 0 saturated heterocycles. The normalized spacial score (nSPS) is 11.4. The number of carbonyl (C=O) groups is 1. The van der Waals surface area contributed by atoms with Gasteiger partial charge in [-0.1, -0.05) is 60.1 Å². The Balaban J connectivity index is 0.00000420. The second kappa shape index (κ2) is 12.6. The summed E-state index contributed by atoms with van der Waals surface area (Å²) < 4.78 is 38.0. The standard InChI is InChI=1S/C26H21Cl2N3O6S.Na/c1-3-16-22(38(34,35)36)11-10-20(23(16)28)30-31-24-17-7-5-4-6-14(17)12-18(25(24)32)26(33)29-21-13-15(37-2)8-9-19(21)27;/h4-13,32H,3H2,1-2H3,(H,29,33)(H,34,35,36);/q;+1/p-1. The minimum atomic E-state index is -4.50. The number of amides is 1. The number of rotatable bonds is 7. The summed E-state index contributed by atoms with van der Waals surface area (Å²) in [5.74, 6) is -0.940. The van der Waals surface area contributed by atoms with E-state index in [0.29, 0.717) is 16.5 Å². The van der Waals surface area contributed by atoms with Crippen molar-refractivity contribution in [1.29, 1.82) is 0 Å². The second-order valence-electron chi connectivity index (χ2n) is 8.03. The summed E-state index contributed by atoms with van der Waals surface area (Å²) >= 11 is 12.6. The van der Waals surface area contributed by atoms with Crippen molar-refractivity contribution < 1.29 is 57.2 Å². The predicted molar refractivity (Wildman–Crippen MR) is 144 cm³/mol. The average Bonchev–Trinajstić information content (AvgIpc) is 2.88. The van der Waals surface area contributed by atoms with Crippen LogP contribution in [0.25, 0.3) is 10.8 Å². The van der Waals surface area contributed by atoms with Crippen LogP contribution < -0.4 is 44.7 Å². The van der Waals surface area contributed by atoms with Crippen molar-refractivity contribution >= 4 is 67.1 Å². The number of benzene rings is 4. The smallest absolute Gasteiger partial charge is 0.870 e. The third-order valence-electron chi connectivity index (χ3n) is 5.71. The molecule has 4 aromatic rings. The zero-order valence-corrected chi connectivity index (χ0v) is 25.4. The zero-order valence-electron chi connectivity index (χ0n) is 21.0. The van der Waals surface area contributed by atoms with E-state index in [2.05, 4.69) is 15.5 Å². The van der Waals surface area contributed by atoms with Crippen molar-refractivity contribution in [3.63, 3.8) is 0 Å². The SMILES string of the molecule is CCc1c(S(=O)(=O)O)ccc(N=Nc2c([O-])c(C(=O)Nc3cc(OC)ccc3Cl)cc3ccccc23)c1Cl.[Na+]. The van der Waals surface area contributed by atoms with Gasteiger partial charge < -0.3 is 15.2 Å². The van der Waals surface area contributed by atoms with Crippen LogP contribution in [0.3, 0.4) is 0 Å². The number of ether oxygens (including phenoxy) is 1. The topological polar surface area (TPSA) is 140 Å². The molecule has 0 spiro atoms. The molecule has 0 bridgehead atoms. The van der Waals surface area contributed by atoms with Crippen molar-refractivity contribution in [2.75, 3.05) is 12.4 Å². The maximum atomic E-state index is 13.4. The fourth-order valence-electron chi connectivity index (χ4n) is 3.84. The Morgan fingerprint density at radius 2 is 1.79 bits per heavy atom. The van der Waals surface area contributed by atoms with Gasteiger partial charge in [0.1, 0.15) is 11.4 Å². The van der Waals surface area contributed by atoms with Gasteiger partial charge in [-0.25, -0.2) is 0 Å². The molecule has 9 nitrogen and oxygen atoms in total. The van der Waals surface area contributed by atoms with Crippen molar-refractivity contribution in [3.05, 3.63) is 81.8 Å². The van der Waals surface area contributed by atoms with Crippen LogP contribution in [0.4, 0.5) is 17.1 Å². The Morgan fingerprint density at radius 3 is 2.46 bits per heavy atom. The molecule has 0 atom stereocenters. The summed E-state index contributed by atoms with van der Waals surface area (Å²) in [5, 5.41) is 25.5. The van der Waals surface area contributed by atoms with Crippen LogP contribution in [0.2, 0.25) is 10.0 Å². The second-order valence-corrected chi connectivity index (χ2v) is 10.2. The molecule has 0 unspecified atom stereocenters. The number of nitrogens with one attached hydrogen (secondary N) is 1. The first kappa shape index (κ1) is 30.8. The van der Waals surface area contributed by atoms with Crippen LogP contribution in [0.15, 0.2) is 75.8 Å². The molecule has 4 aromatic carbocycles. The Bertz CT molecular complexity index is 1710. The van der Waals surface area contributed by atoms with Crippen LogP contribution in [0.1, 0.15) is 22.8 Å². The molecule has 0 heterocycles. The first-order valence-electron chi connectivity index (χ1n) is 11.1. The van der Waals surface area contributed by atoms with E-state index in [1.54, 1.807) is 43.3 Å². The number of carbonyl (C=O) groups excluding carboxylic acids is 1. The largest absolute Gasteiger partial charge is 1.00 e. The summed E-state index contributed by atoms with van der Waals surface area (Å²) in [6.45, 7) is 1.66. The first-order valence-corrected chi connectivity index (χ1v) is 13.3. The molecule has 0 aromatic heterocycles. The van der Waals surface area contributed by atoms with Gasteiger partial charge in [-0.3, -0.25) is 9.35 Å². The molecule has 1 amide bonds. The maximum Gasteiger partial charge on any atom is 1.00 e. The molecule has 39 heavy (non-hydrogen) atoms. The molecule has 0 fully saturated rings. The van der Waals surface area contributed by atoms with E-state index in [1.165, 1.54) is 25.3 Å². The Morgan fingerprint density at radius 1 is 1.08 bits per heavy atom. The number of nitrogens with zero attached hydrogens (tertiary/aromatic N) is 2. The monoisotopic (exact) mass is 595 g/mol. The van der Waals surface area contributed by atoms with E-state index in [1.807, 2.05) is 0 Å². The van der Waals surface area contributed by atoms with Crippen LogP contribution in [0, 0.1) is 0 Å². The van der Waals surface area contributed by atoms with E-state index in [9.17, 15) is 22.9 Å². The molecule has 0 aliphatic heterocycles. The molecule has 4 rings (SSSR count). The van der Waals surface area contributed by atoms with E-state index in [-0.39, 0.29) is 79.1 Å². The summed E-state index contributed by atoms with van der Waals surface area (Å²) in [6.07, 6.45) is 0.190. The molecule has 13 heteroatoms. The molecule has 196 valence electrons. The number of hydrogen-bond acceptors (Lipinski definition) is 7. The third-order valence-corrected chi connectivity index (χ3v) is 7.40. The predicted octanol–water partition coefficient (Wildman–Crippen LogP) is 3.71. The Kier molecular flexibility index (Phi) is 10.0. The number of fused-ring (bicyclic) bond motifs is 1. The molecule has 0 radical (unpaired) electrons. The quantitative estimate of drug-likeness (QED) is 0.189. The number of methoxy groups -OCH3 is 1. The van der Waals surface area contributed by atoms with Gasteiger partial charge in [0, 0.05) is 17.0 Å². The number of hydrogen-bond donors (Lipinski definition) is 2. The van der Waals surface area contributed by atoms with Crippen molar-refractivity contribution in [3.8, 4) is 11.5 Å². The molecule has 2 N–H and O–H groups in total. The summed E-state index contributed by atoms with van der Waals surface area (Å²) in [7, 11) is -3.04. The van der Waals surface area contributed by atoms with Gasteiger partial charge in [0.2, 0.25) is 0 Å². The summed E-state index contributed by atoms with van der Waals surface area (Å²) in [6, 6.07) is 15.4. The van der Waals surface area contributed by atoms with Gasteiger partial charge in [-0.2, -0.15) is 13.5 Å². The van der Waals surface area contributed by atoms with E-state index in [0.717, 1.165) is 6.07 Å². The Hall–Kier alpha value is -2.70. The van der Waals surface area contributed by atoms with Crippen molar-refractivity contribution in [2.24, 2.45) is 10.2 Å². The fraction of sp³-hybridized carbons (Fsp3) is 0.115. The van der Waals surface area contributed by atoms with E-state index in [4.69, 9.17) is 27.9 Å². The van der Waals surface area contributed by atoms with Crippen LogP contribution in [-0.4, -0.2) is 26.0 Å². The van der Waals surface area contributed by atoms with Crippen LogP contribution in [0.5, 0.6) is 11.5 Å². The Labute approximate surface area is 256 Å². The number of anilines is 1. The first-order chi connectivity index (χ1) is 18.0. The van der Waals surface area contributed by atoms with Gasteiger partial charge in [-0.05, 0) is 47.7 Å². The van der Waals surface area contributed by atoms with Crippen molar-refractivity contribution in [1.82, 2.24) is 0 Å². The third kappa shape index (κ3) is 6.55. The summed E-state index contributed by atoms with van der Waals surface area (Å²) in [4.78, 5) is 12.8. The molecular formula is C26H20Cl2N3NaO6S. The van der Waals surface area contributed by atoms with Crippen LogP contribution in [-0.2, 0) is 16.5 Å². The zero-order chi connectivity index (χ0) is 27.6. The number of halogens is 2. The molecule has 0 aliphatic carbocycles. The minimum absolute atomic E-state index is 0. The van der Waals surface area contributed by atoms with Crippen LogP contribution >= 0.6 is 23.2 Å². The number of azo groups is 1. The fourth-order valence-corrected chi connectivity index (χ4v) is 5.19. The van der Waals surface area contributed by atoms with Gasteiger partial charge in [0.05, 0.1) is 33.4 Å². The van der Waals surface area contributed by atoms with Gasteiger partial charge in [0.15, 0.2) is 0 Å². The summed E-state index contributed by atoms with van der Waals surface area (Å²) in [5.41, 5.74) is 0.180. The van der Waals surface area contributed by atoms with E-state index < -0.39 is 21.8 Å². The molecule has 0 aliphatic rings. The maximum absolute atomic E-state index is 13.4. The van der Waals surface area contributed by atoms with Gasteiger partial charge in [0.25, 0.3) is 16.0 Å². The molecule has 0 saturated carbocycles.